The molecule has 2 aliphatic rings. The molecule has 1 saturated heterocycles. The lowest BCUT2D eigenvalue weighted by Crippen LogP contribution is -2.47. The van der Waals surface area contributed by atoms with Crippen LogP contribution in [0.4, 0.5) is 11.4 Å². The molecular formula is C14H21N3. The van der Waals surface area contributed by atoms with Crippen molar-refractivity contribution < 1.29 is 0 Å². The summed E-state index contributed by atoms with van der Waals surface area (Å²) in [6.07, 6.45) is 2.82. The Balaban J connectivity index is 1.70. The molecule has 0 aromatic heterocycles. The maximum atomic E-state index is 6.07. The molecule has 0 spiro atoms. The Hall–Kier alpha value is -1.22. The van der Waals surface area contributed by atoms with Gasteiger partial charge in [0, 0.05) is 32.2 Å². The van der Waals surface area contributed by atoms with Gasteiger partial charge in [0.2, 0.25) is 0 Å². The van der Waals surface area contributed by atoms with Crippen molar-refractivity contribution in [3.8, 4) is 0 Å². The van der Waals surface area contributed by atoms with E-state index >= 15 is 0 Å². The molecule has 17 heavy (non-hydrogen) atoms. The van der Waals surface area contributed by atoms with Gasteiger partial charge in [-0.15, -0.1) is 0 Å². The van der Waals surface area contributed by atoms with E-state index in [0.29, 0.717) is 0 Å². The van der Waals surface area contributed by atoms with Crippen molar-refractivity contribution in [2.24, 2.45) is 0 Å². The molecule has 1 heterocycles. The van der Waals surface area contributed by atoms with E-state index in [1.807, 2.05) is 6.07 Å². The number of piperazine rings is 1. The first-order valence-corrected chi connectivity index (χ1v) is 6.59. The Morgan fingerprint density at radius 3 is 2.47 bits per heavy atom. The second kappa shape index (κ2) is 4.22. The number of anilines is 2. The lowest BCUT2D eigenvalue weighted by Gasteiger charge is -2.36. The van der Waals surface area contributed by atoms with Crippen LogP contribution in [-0.2, 0) is 0 Å². The summed E-state index contributed by atoms with van der Waals surface area (Å²) in [6, 6.07) is 7.21. The van der Waals surface area contributed by atoms with Crippen LogP contribution in [0.1, 0.15) is 18.4 Å². The molecule has 1 aromatic carbocycles. The Morgan fingerprint density at radius 2 is 1.82 bits per heavy atom. The largest absolute Gasteiger partial charge is 0.397 e. The number of aryl methyl sites for hydroxylation is 1. The van der Waals surface area contributed by atoms with Crippen molar-refractivity contribution in [3.63, 3.8) is 0 Å². The van der Waals surface area contributed by atoms with Crippen LogP contribution in [0, 0.1) is 6.92 Å². The Bertz CT molecular complexity index is 404. The molecular weight excluding hydrogens is 210 g/mol. The number of hydrogen-bond donors (Lipinski definition) is 1. The fourth-order valence-electron chi connectivity index (χ4n) is 2.70. The highest BCUT2D eigenvalue weighted by molar-refractivity contribution is 5.68. The van der Waals surface area contributed by atoms with Crippen LogP contribution in [0.2, 0.25) is 0 Å². The SMILES string of the molecule is Cc1ccc(N)c(N2CCN(C3CC3)CC2)c1. The molecule has 92 valence electrons. The van der Waals surface area contributed by atoms with Gasteiger partial charge in [-0.05, 0) is 37.5 Å². The summed E-state index contributed by atoms with van der Waals surface area (Å²) in [7, 11) is 0. The number of nitrogens with zero attached hydrogens (tertiary/aromatic N) is 2. The molecule has 0 unspecified atom stereocenters. The van der Waals surface area contributed by atoms with Crippen LogP contribution in [0.15, 0.2) is 18.2 Å². The number of hydrogen-bond acceptors (Lipinski definition) is 3. The zero-order valence-corrected chi connectivity index (χ0v) is 10.5. The van der Waals surface area contributed by atoms with Gasteiger partial charge in [0.25, 0.3) is 0 Å². The van der Waals surface area contributed by atoms with Crippen molar-refractivity contribution in [2.45, 2.75) is 25.8 Å². The quantitative estimate of drug-likeness (QED) is 0.789. The predicted octanol–water partition coefficient (Wildman–Crippen LogP) is 1.86. The minimum Gasteiger partial charge on any atom is -0.397 e. The lowest BCUT2D eigenvalue weighted by molar-refractivity contribution is 0.248. The Kier molecular flexibility index (Phi) is 2.71. The summed E-state index contributed by atoms with van der Waals surface area (Å²) in [4.78, 5) is 5.06. The molecule has 0 amide bonds. The molecule has 1 saturated carbocycles. The van der Waals surface area contributed by atoms with Crippen molar-refractivity contribution in [2.75, 3.05) is 36.8 Å². The second-order valence-corrected chi connectivity index (χ2v) is 5.32. The molecule has 3 rings (SSSR count). The van der Waals surface area contributed by atoms with Gasteiger partial charge < -0.3 is 10.6 Å². The molecule has 2 N–H and O–H groups in total. The van der Waals surface area contributed by atoms with Gasteiger partial charge in [-0.3, -0.25) is 4.90 Å². The molecule has 3 heteroatoms. The summed E-state index contributed by atoms with van der Waals surface area (Å²) >= 11 is 0. The number of benzene rings is 1. The topological polar surface area (TPSA) is 32.5 Å². The predicted molar refractivity (Wildman–Crippen MR) is 72.4 cm³/mol. The van der Waals surface area contributed by atoms with Crippen LogP contribution in [0.5, 0.6) is 0 Å². The minimum absolute atomic E-state index is 0.895. The second-order valence-electron chi connectivity index (χ2n) is 5.32. The number of nitrogen functional groups attached to an aromatic ring is 1. The average Bonchev–Trinajstić information content (AvgIpc) is 3.17. The van der Waals surface area contributed by atoms with Gasteiger partial charge in [-0.1, -0.05) is 6.07 Å². The monoisotopic (exact) mass is 231 g/mol. The molecule has 0 bridgehead atoms. The summed E-state index contributed by atoms with van der Waals surface area (Å²) in [5, 5.41) is 0. The highest BCUT2D eigenvalue weighted by Crippen LogP contribution is 2.30. The zero-order valence-electron chi connectivity index (χ0n) is 10.5. The van der Waals surface area contributed by atoms with Crippen molar-refractivity contribution in [3.05, 3.63) is 23.8 Å². The van der Waals surface area contributed by atoms with Gasteiger partial charge in [0.15, 0.2) is 0 Å². The van der Waals surface area contributed by atoms with E-state index in [9.17, 15) is 0 Å². The molecule has 3 nitrogen and oxygen atoms in total. The van der Waals surface area contributed by atoms with E-state index in [-0.39, 0.29) is 0 Å². The Labute approximate surface area is 103 Å². The van der Waals surface area contributed by atoms with E-state index in [4.69, 9.17) is 5.73 Å². The molecule has 2 fully saturated rings. The fraction of sp³-hybridized carbons (Fsp3) is 0.571. The van der Waals surface area contributed by atoms with E-state index in [1.165, 1.54) is 37.2 Å². The average molecular weight is 231 g/mol. The van der Waals surface area contributed by atoms with E-state index in [1.54, 1.807) is 0 Å². The highest BCUT2D eigenvalue weighted by atomic mass is 15.3. The molecule has 0 radical (unpaired) electrons. The van der Waals surface area contributed by atoms with Crippen LogP contribution in [0.25, 0.3) is 0 Å². The van der Waals surface area contributed by atoms with Gasteiger partial charge in [-0.25, -0.2) is 0 Å². The summed E-state index contributed by atoms with van der Waals surface area (Å²) < 4.78 is 0. The van der Waals surface area contributed by atoms with Crippen LogP contribution >= 0.6 is 0 Å². The summed E-state index contributed by atoms with van der Waals surface area (Å²) in [5.74, 6) is 0. The van der Waals surface area contributed by atoms with Crippen LogP contribution < -0.4 is 10.6 Å². The van der Waals surface area contributed by atoms with Crippen molar-refractivity contribution in [1.29, 1.82) is 0 Å². The minimum atomic E-state index is 0.895. The molecule has 1 aromatic rings. The van der Waals surface area contributed by atoms with Crippen molar-refractivity contribution >= 4 is 11.4 Å². The number of nitrogens with two attached hydrogens (primary N) is 1. The third kappa shape index (κ3) is 2.25. The first-order valence-electron chi connectivity index (χ1n) is 6.59. The first kappa shape index (κ1) is 10.9. The lowest BCUT2D eigenvalue weighted by atomic mass is 10.1. The first-order chi connectivity index (χ1) is 8.24. The number of rotatable bonds is 2. The van der Waals surface area contributed by atoms with Gasteiger partial charge in [0.1, 0.15) is 0 Å². The maximum absolute atomic E-state index is 6.07. The highest BCUT2D eigenvalue weighted by Gasteiger charge is 2.31. The zero-order chi connectivity index (χ0) is 11.8. The van der Waals surface area contributed by atoms with E-state index in [0.717, 1.165) is 24.8 Å². The standard InChI is InChI=1S/C14H21N3/c1-11-2-5-13(15)14(10-11)17-8-6-16(7-9-17)12-3-4-12/h2,5,10,12H,3-4,6-9,15H2,1H3. The Morgan fingerprint density at radius 1 is 1.12 bits per heavy atom. The summed E-state index contributed by atoms with van der Waals surface area (Å²) in [6.45, 7) is 6.74. The van der Waals surface area contributed by atoms with E-state index in [2.05, 4.69) is 28.9 Å². The van der Waals surface area contributed by atoms with Gasteiger partial charge >= 0.3 is 0 Å². The maximum Gasteiger partial charge on any atom is 0.0603 e. The molecule has 1 aliphatic heterocycles. The van der Waals surface area contributed by atoms with Crippen molar-refractivity contribution in [1.82, 2.24) is 4.90 Å². The molecule has 1 aliphatic carbocycles. The fourth-order valence-corrected chi connectivity index (χ4v) is 2.70. The van der Waals surface area contributed by atoms with Crippen LogP contribution in [-0.4, -0.2) is 37.1 Å². The molecule has 0 atom stereocenters. The van der Waals surface area contributed by atoms with Gasteiger partial charge in [-0.2, -0.15) is 0 Å². The normalized spacial score (nSPS) is 21.8. The third-order valence-corrected chi connectivity index (χ3v) is 3.90. The third-order valence-electron chi connectivity index (χ3n) is 3.90. The van der Waals surface area contributed by atoms with Gasteiger partial charge in [0.05, 0.1) is 11.4 Å². The van der Waals surface area contributed by atoms with Crippen LogP contribution in [0.3, 0.4) is 0 Å². The smallest absolute Gasteiger partial charge is 0.0603 e. The summed E-state index contributed by atoms with van der Waals surface area (Å²) in [5.41, 5.74) is 9.50. The van der Waals surface area contributed by atoms with E-state index < -0.39 is 0 Å².